The molecule has 0 aliphatic carbocycles. The lowest BCUT2D eigenvalue weighted by molar-refractivity contribution is 0.104. The summed E-state index contributed by atoms with van der Waals surface area (Å²) >= 11 is 1.66. The van der Waals surface area contributed by atoms with Crippen molar-refractivity contribution >= 4 is 33.5 Å². The van der Waals surface area contributed by atoms with E-state index < -0.39 is 9.84 Å². The van der Waals surface area contributed by atoms with Gasteiger partial charge in [-0.25, -0.2) is 8.42 Å². The van der Waals surface area contributed by atoms with Crippen LogP contribution in [0.25, 0.3) is 6.08 Å². The number of thioether (sulfide) groups is 1. The van der Waals surface area contributed by atoms with E-state index in [0.29, 0.717) is 5.56 Å². The molecule has 2 aromatic carbocycles. The van der Waals surface area contributed by atoms with Crippen LogP contribution in [0.4, 0.5) is 0 Å². The van der Waals surface area contributed by atoms with E-state index in [1.54, 1.807) is 17.8 Å². The van der Waals surface area contributed by atoms with Gasteiger partial charge in [0, 0.05) is 16.7 Å². The van der Waals surface area contributed by atoms with Gasteiger partial charge in [-0.2, -0.15) is 0 Å². The van der Waals surface area contributed by atoms with Crippen LogP contribution in [0.3, 0.4) is 0 Å². The highest BCUT2D eigenvalue weighted by molar-refractivity contribution is 7.98. The number of hydrogen-bond acceptors (Lipinski definition) is 4. The fraction of sp³-hybridized carbons (Fsp3) is 0.118. The van der Waals surface area contributed by atoms with Crippen molar-refractivity contribution in [3.05, 3.63) is 65.7 Å². The molecule has 0 heterocycles. The standard InChI is InChI=1S/C17H16O3S2/c1-21-15-8-3-13(4-9-15)5-12-17(18)14-6-10-16(11-7-14)22(2,19)20/h3-12H,1-2H3/b12-5+. The SMILES string of the molecule is CSc1ccc(/C=C/C(=O)c2ccc(S(C)(=O)=O)cc2)cc1. The van der Waals surface area contributed by atoms with E-state index in [1.807, 2.05) is 30.5 Å². The number of carbonyl (C=O) groups excluding carboxylic acids is 1. The summed E-state index contributed by atoms with van der Waals surface area (Å²) in [6.45, 7) is 0. The molecule has 0 aliphatic heterocycles. The summed E-state index contributed by atoms with van der Waals surface area (Å²) in [6, 6.07) is 13.8. The van der Waals surface area contributed by atoms with Crippen LogP contribution in [0.15, 0.2) is 64.4 Å². The minimum atomic E-state index is -3.24. The monoisotopic (exact) mass is 332 g/mol. The topological polar surface area (TPSA) is 51.2 Å². The minimum Gasteiger partial charge on any atom is -0.289 e. The third kappa shape index (κ3) is 4.32. The van der Waals surface area contributed by atoms with Gasteiger partial charge in [-0.1, -0.05) is 18.2 Å². The molecule has 0 saturated carbocycles. The van der Waals surface area contributed by atoms with Crippen molar-refractivity contribution in [2.45, 2.75) is 9.79 Å². The summed E-state index contributed by atoms with van der Waals surface area (Å²) in [5, 5.41) is 0. The average Bonchev–Trinajstić information content (AvgIpc) is 2.52. The zero-order chi connectivity index (χ0) is 16.2. The Balaban J connectivity index is 2.12. The first-order valence-corrected chi connectivity index (χ1v) is 9.68. The number of sulfone groups is 1. The van der Waals surface area contributed by atoms with E-state index in [1.165, 1.54) is 35.2 Å². The Morgan fingerprint density at radius 2 is 1.59 bits per heavy atom. The van der Waals surface area contributed by atoms with E-state index >= 15 is 0 Å². The molecule has 0 fully saturated rings. The van der Waals surface area contributed by atoms with Crippen LogP contribution in [-0.2, 0) is 9.84 Å². The van der Waals surface area contributed by atoms with Crippen LogP contribution in [-0.4, -0.2) is 26.7 Å². The van der Waals surface area contributed by atoms with Crippen LogP contribution in [0, 0.1) is 0 Å². The first kappa shape index (κ1) is 16.5. The number of rotatable bonds is 5. The summed E-state index contributed by atoms with van der Waals surface area (Å²) in [5.41, 5.74) is 1.41. The molecule has 5 heteroatoms. The van der Waals surface area contributed by atoms with Gasteiger partial charge in [-0.3, -0.25) is 4.79 Å². The quantitative estimate of drug-likeness (QED) is 0.476. The van der Waals surface area contributed by atoms with E-state index in [2.05, 4.69) is 0 Å². The Hall–Kier alpha value is -1.85. The number of hydrogen-bond donors (Lipinski definition) is 0. The molecule has 0 aliphatic rings. The molecular formula is C17H16O3S2. The molecule has 2 rings (SSSR count). The number of ketones is 1. The first-order chi connectivity index (χ1) is 10.4. The second kappa shape index (κ2) is 6.94. The third-order valence-electron chi connectivity index (χ3n) is 3.11. The molecule has 0 aromatic heterocycles. The van der Waals surface area contributed by atoms with Crippen molar-refractivity contribution in [2.75, 3.05) is 12.5 Å². The first-order valence-electron chi connectivity index (χ1n) is 6.57. The molecule has 0 radical (unpaired) electrons. The van der Waals surface area contributed by atoms with Gasteiger partial charge >= 0.3 is 0 Å². The molecule has 0 bridgehead atoms. The maximum absolute atomic E-state index is 12.1. The summed E-state index contributed by atoms with van der Waals surface area (Å²) < 4.78 is 22.8. The molecule has 0 atom stereocenters. The fourth-order valence-electron chi connectivity index (χ4n) is 1.85. The third-order valence-corrected chi connectivity index (χ3v) is 4.98. The van der Waals surface area contributed by atoms with E-state index in [-0.39, 0.29) is 10.7 Å². The molecule has 114 valence electrons. The van der Waals surface area contributed by atoms with E-state index in [9.17, 15) is 13.2 Å². The van der Waals surface area contributed by atoms with Crippen LogP contribution in [0.5, 0.6) is 0 Å². The van der Waals surface area contributed by atoms with Gasteiger partial charge in [-0.15, -0.1) is 11.8 Å². The molecule has 22 heavy (non-hydrogen) atoms. The maximum atomic E-state index is 12.1. The van der Waals surface area contributed by atoms with Gasteiger partial charge in [0.1, 0.15) is 0 Å². The highest BCUT2D eigenvalue weighted by atomic mass is 32.2. The molecule has 2 aromatic rings. The van der Waals surface area contributed by atoms with Crippen molar-refractivity contribution in [2.24, 2.45) is 0 Å². The second-order valence-electron chi connectivity index (χ2n) is 4.77. The zero-order valence-electron chi connectivity index (χ0n) is 12.3. The normalized spacial score (nSPS) is 11.7. The van der Waals surface area contributed by atoms with Crippen LogP contribution in [0.2, 0.25) is 0 Å². The lowest BCUT2D eigenvalue weighted by atomic mass is 10.1. The highest BCUT2D eigenvalue weighted by Gasteiger charge is 2.08. The van der Waals surface area contributed by atoms with Gasteiger partial charge in [0.25, 0.3) is 0 Å². The molecule has 0 saturated heterocycles. The number of allylic oxidation sites excluding steroid dienone is 1. The number of carbonyl (C=O) groups is 1. The molecular weight excluding hydrogens is 316 g/mol. The Labute approximate surface area is 135 Å². The van der Waals surface area contributed by atoms with E-state index in [4.69, 9.17) is 0 Å². The zero-order valence-corrected chi connectivity index (χ0v) is 13.9. The van der Waals surface area contributed by atoms with Crippen molar-refractivity contribution in [1.29, 1.82) is 0 Å². The van der Waals surface area contributed by atoms with Crippen molar-refractivity contribution in [3.63, 3.8) is 0 Å². The Morgan fingerprint density at radius 1 is 1.00 bits per heavy atom. The smallest absolute Gasteiger partial charge is 0.185 e. The Kier molecular flexibility index (Phi) is 5.21. The van der Waals surface area contributed by atoms with Gasteiger partial charge in [-0.05, 0) is 54.3 Å². The summed E-state index contributed by atoms with van der Waals surface area (Å²) in [5.74, 6) is -0.158. The maximum Gasteiger partial charge on any atom is 0.185 e. The Bertz CT molecular complexity index is 787. The minimum absolute atomic E-state index is 0.158. The largest absolute Gasteiger partial charge is 0.289 e. The predicted octanol–water partition coefficient (Wildman–Crippen LogP) is 3.71. The van der Waals surface area contributed by atoms with Gasteiger partial charge in [0.05, 0.1) is 4.90 Å². The van der Waals surface area contributed by atoms with Crippen LogP contribution < -0.4 is 0 Å². The van der Waals surface area contributed by atoms with Crippen molar-refractivity contribution < 1.29 is 13.2 Å². The predicted molar refractivity (Wildman–Crippen MR) is 91.1 cm³/mol. The second-order valence-corrected chi connectivity index (χ2v) is 7.66. The van der Waals surface area contributed by atoms with Crippen molar-refractivity contribution in [1.82, 2.24) is 0 Å². The summed E-state index contributed by atoms with van der Waals surface area (Å²) in [7, 11) is -3.24. The van der Waals surface area contributed by atoms with Gasteiger partial charge in [0.15, 0.2) is 15.6 Å². The van der Waals surface area contributed by atoms with Crippen LogP contribution >= 0.6 is 11.8 Å². The molecule has 3 nitrogen and oxygen atoms in total. The van der Waals surface area contributed by atoms with E-state index in [0.717, 1.165) is 11.8 Å². The van der Waals surface area contributed by atoms with Gasteiger partial charge in [0.2, 0.25) is 0 Å². The van der Waals surface area contributed by atoms with Crippen LogP contribution in [0.1, 0.15) is 15.9 Å². The lowest BCUT2D eigenvalue weighted by Gasteiger charge is -2.00. The lowest BCUT2D eigenvalue weighted by Crippen LogP contribution is -1.99. The summed E-state index contributed by atoms with van der Waals surface area (Å²) in [4.78, 5) is 13.4. The molecule has 0 amide bonds. The highest BCUT2D eigenvalue weighted by Crippen LogP contribution is 2.16. The molecule has 0 unspecified atom stereocenters. The average molecular weight is 332 g/mol. The molecule has 0 spiro atoms. The number of benzene rings is 2. The van der Waals surface area contributed by atoms with Crippen molar-refractivity contribution in [3.8, 4) is 0 Å². The fourth-order valence-corrected chi connectivity index (χ4v) is 2.89. The van der Waals surface area contributed by atoms with Gasteiger partial charge < -0.3 is 0 Å². The molecule has 0 N–H and O–H groups in total. The Morgan fingerprint density at radius 3 is 2.09 bits per heavy atom. The summed E-state index contributed by atoms with van der Waals surface area (Å²) in [6.07, 6.45) is 6.39.